The number of fused-ring (bicyclic) bond motifs is 1. The van der Waals surface area contributed by atoms with Crippen molar-refractivity contribution >= 4 is 11.9 Å². The van der Waals surface area contributed by atoms with E-state index in [2.05, 4.69) is 41.5 Å². The van der Waals surface area contributed by atoms with Gasteiger partial charge in [-0.1, -0.05) is 86.5 Å². The highest BCUT2D eigenvalue weighted by Crippen LogP contribution is 2.45. The molecule has 0 aromatic heterocycles. The van der Waals surface area contributed by atoms with Gasteiger partial charge >= 0.3 is 11.9 Å². The predicted octanol–water partition coefficient (Wildman–Crippen LogP) is 9.93. The highest BCUT2D eigenvalue weighted by atomic mass is 16.5. The van der Waals surface area contributed by atoms with Crippen molar-refractivity contribution in [3.05, 3.63) is 22.3 Å². The number of aliphatic carboxylic acids is 1. The lowest BCUT2D eigenvalue weighted by molar-refractivity contribution is -0.141. The molecule has 41 heavy (non-hydrogen) atoms. The van der Waals surface area contributed by atoms with Crippen molar-refractivity contribution in [1.82, 2.24) is 0 Å². The molecule has 0 unspecified atom stereocenters. The highest BCUT2D eigenvalue weighted by molar-refractivity contribution is 5.76. The maximum absolute atomic E-state index is 12.8. The van der Waals surface area contributed by atoms with Crippen LogP contribution in [0.4, 0.5) is 0 Å². The molecule has 1 aromatic carbocycles. The van der Waals surface area contributed by atoms with Crippen molar-refractivity contribution in [2.75, 3.05) is 0 Å². The molecule has 1 aromatic rings. The van der Waals surface area contributed by atoms with Gasteiger partial charge in [0.2, 0.25) is 0 Å². The van der Waals surface area contributed by atoms with Gasteiger partial charge in [-0.2, -0.15) is 0 Å². The van der Waals surface area contributed by atoms with Crippen LogP contribution < -0.4 is 9.47 Å². The minimum Gasteiger partial charge on any atom is -0.487 e. The number of carbonyl (C=O) groups is 2. The molecule has 234 valence electrons. The number of carboxylic acid groups (broad SMARTS) is 1. The minimum atomic E-state index is -0.910. The molecular formula is C36H60O5. The Morgan fingerprint density at radius 1 is 0.878 bits per heavy atom. The van der Waals surface area contributed by atoms with Crippen molar-refractivity contribution < 1.29 is 24.2 Å². The second-order valence-electron chi connectivity index (χ2n) is 14.8. The standard InChI is InChI=1S/C36H60O5/c1-24(2)14-11-15-25(3)16-12-17-26(4)18-13-20-36(10)21-19-30-29(7)33(27(5)28(6)34(30)41-36)40-32(39)23-35(8,9)22-31(37)38/h24-26H,11-23H2,1-10H3,(H,37,38)/t25-,26-,36-/m1/s1. The van der Waals surface area contributed by atoms with Crippen LogP contribution in [0.5, 0.6) is 11.5 Å². The van der Waals surface area contributed by atoms with Crippen LogP contribution in [0.15, 0.2) is 0 Å². The lowest BCUT2D eigenvalue weighted by Crippen LogP contribution is -2.37. The number of carbonyl (C=O) groups excluding carboxylic acids is 1. The summed E-state index contributed by atoms with van der Waals surface area (Å²) in [6.07, 6.45) is 13.4. The number of hydrogen-bond donors (Lipinski definition) is 1. The molecule has 2 rings (SSSR count). The van der Waals surface area contributed by atoms with Crippen LogP contribution in [0.3, 0.4) is 0 Å². The molecule has 0 saturated carbocycles. The smallest absolute Gasteiger partial charge is 0.311 e. The normalized spacial score (nSPS) is 18.5. The third kappa shape index (κ3) is 11.3. The number of esters is 1. The average Bonchev–Trinajstić information content (AvgIpc) is 2.83. The first kappa shape index (κ1) is 35.2. The Morgan fingerprint density at radius 2 is 1.44 bits per heavy atom. The van der Waals surface area contributed by atoms with E-state index in [-0.39, 0.29) is 18.4 Å². The van der Waals surface area contributed by atoms with Gasteiger partial charge in [-0.05, 0) is 93.2 Å². The second kappa shape index (κ2) is 15.4. The molecule has 1 heterocycles. The van der Waals surface area contributed by atoms with E-state index in [1.807, 2.05) is 13.8 Å². The van der Waals surface area contributed by atoms with Crippen LogP contribution in [0.25, 0.3) is 0 Å². The molecule has 0 aliphatic carbocycles. The molecule has 3 atom stereocenters. The van der Waals surface area contributed by atoms with E-state index >= 15 is 0 Å². The summed E-state index contributed by atoms with van der Waals surface area (Å²) in [5, 5.41) is 9.16. The maximum Gasteiger partial charge on any atom is 0.311 e. The summed E-state index contributed by atoms with van der Waals surface area (Å²) < 4.78 is 12.6. The summed E-state index contributed by atoms with van der Waals surface area (Å²) in [4.78, 5) is 23.9. The largest absolute Gasteiger partial charge is 0.487 e. The summed E-state index contributed by atoms with van der Waals surface area (Å²) in [6.45, 7) is 21.3. The third-order valence-corrected chi connectivity index (χ3v) is 9.31. The molecule has 0 radical (unpaired) electrons. The van der Waals surface area contributed by atoms with Crippen molar-refractivity contribution in [3.63, 3.8) is 0 Å². The van der Waals surface area contributed by atoms with E-state index in [9.17, 15) is 9.59 Å². The first-order valence-electron chi connectivity index (χ1n) is 16.3. The van der Waals surface area contributed by atoms with Gasteiger partial charge in [0.15, 0.2) is 0 Å². The Balaban J connectivity index is 1.92. The van der Waals surface area contributed by atoms with Crippen molar-refractivity contribution in [2.24, 2.45) is 23.2 Å². The summed E-state index contributed by atoms with van der Waals surface area (Å²) in [5.41, 5.74) is 3.19. The van der Waals surface area contributed by atoms with Gasteiger partial charge in [-0.25, -0.2) is 0 Å². The molecular weight excluding hydrogens is 512 g/mol. The molecule has 0 saturated heterocycles. The summed E-state index contributed by atoms with van der Waals surface area (Å²) in [5.74, 6) is 2.68. The highest BCUT2D eigenvalue weighted by Gasteiger charge is 2.35. The van der Waals surface area contributed by atoms with Gasteiger partial charge in [0.25, 0.3) is 0 Å². The summed E-state index contributed by atoms with van der Waals surface area (Å²) in [7, 11) is 0. The quantitative estimate of drug-likeness (QED) is 0.148. The molecule has 1 aliphatic heterocycles. The lowest BCUT2D eigenvalue weighted by atomic mass is 9.83. The molecule has 1 aliphatic rings. The third-order valence-electron chi connectivity index (χ3n) is 9.31. The molecule has 0 bridgehead atoms. The number of rotatable bonds is 17. The SMILES string of the molecule is Cc1c(C)c2c(c(C)c1OC(=O)CC(C)(C)CC(=O)O)CC[C@@](C)(CCC[C@H](C)CCC[C@H](C)CCCC(C)C)O2. The number of carboxylic acids is 1. The number of hydrogen-bond acceptors (Lipinski definition) is 4. The van der Waals surface area contributed by atoms with Gasteiger partial charge in [0.05, 0.1) is 12.8 Å². The predicted molar refractivity (Wildman–Crippen MR) is 169 cm³/mol. The fraction of sp³-hybridized carbons (Fsp3) is 0.778. The van der Waals surface area contributed by atoms with Gasteiger partial charge in [-0.15, -0.1) is 0 Å². The zero-order valence-corrected chi connectivity index (χ0v) is 28.0. The van der Waals surface area contributed by atoms with E-state index in [4.69, 9.17) is 14.6 Å². The number of ether oxygens (including phenoxy) is 2. The van der Waals surface area contributed by atoms with Crippen molar-refractivity contribution in [3.8, 4) is 11.5 Å². The first-order chi connectivity index (χ1) is 19.0. The van der Waals surface area contributed by atoms with Crippen LogP contribution in [0, 0.1) is 43.9 Å². The zero-order chi connectivity index (χ0) is 31.0. The Kier molecular flexibility index (Phi) is 13.2. The van der Waals surface area contributed by atoms with Crippen molar-refractivity contribution in [2.45, 2.75) is 158 Å². The van der Waals surface area contributed by atoms with Gasteiger partial charge < -0.3 is 14.6 Å². The Bertz CT molecular complexity index is 1020. The molecule has 0 amide bonds. The maximum atomic E-state index is 12.8. The lowest BCUT2D eigenvalue weighted by Gasteiger charge is -2.38. The Morgan fingerprint density at radius 3 is 2.00 bits per heavy atom. The fourth-order valence-electron chi connectivity index (χ4n) is 6.43. The van der Waals surface area contributed by atoms with Crippen molar-refractivity contribution in [1.29, 1.82) is 0 Å². The topological polar surface area (TPSA) is 72.8 Å². The van der Waals surface area contributed by atoms with Crippen LogP contribution in [0.1, 0.15) is 148 Å². The van der Waals surface area contributed by atoms with Gasteiger partial charge in [0, 0.05) is 5.56 Å². The van der Waals surface area contributed by atoms with Crippen LogP contribution in [-0.4, -0.2) is 22.6 Å². The number of benzene rings is 1. The van der Waals surface area contributed by atoms with Gasteiger partial charge in [0.1, 0.15) is 17.1 Å². The minimum absolute atomic E-state index is 0.0542. The van der Waals surface area contributed by atoms with Crippen LogP contribution >= 0.6 is 0 Å². The van der Waals surface area contributed by atoms with Gasteiger partial charge in [-0.3, -0.25) is 9.59 Å². The average molecular weight is 573 g/mol. The van der Waals surface area contributed by atoms with E-state index < -0.39 is 17.4 Å². The molecule has 0 spiro atoms. The molecule has 5 heteroatoms. The second-order valence-corrected chi connectivity index (χ2v) is 14.8. The van der Waals surface area contributed by atoms with Crippen LogP contribution in [0.2, 0.25) is 0 Å². The Hall–Kier alpha value is -2.04. The van der Waals surface area contributed by atoms with E-state index in [0.717, 1.165) is 65.0 Å². The molecule has 1 N–H and O–H groups in total. The summed E-state index contributed by atoms with van der Waals surface area (Å²) >= 11 is 0. The Labute approximate surface area is 251 Å². The molecule has 0 fully saturated rings. The first-order valence-corrected chi connectivity index (χ1v) is 16.3. The summed E-state index contributed by atoms with van der Waals surface area (Å²) in [6, 6.07) is 0. The van der Waals surface area contributed by atoms with Crippen LogP contribution in [-0.2, 0) is 16.0 Å². The zero-order valence-electron chi connectivity index (χ0n) is 28.0. The van der Waals surface area contributed by atoms with E-state index in [1.54, 1.807) is 13.8 Å². The van der Waals surface area contributed by atoms with E-state index in [0.29, 0.717) is 5.75 Å². The fourth-order valence-corrected chi connectivity index (χ4v) is 6.43. The molecule has 5 nitrogen and oxygen atoms in total. The monoisotopic (exact) mass is 572 g/mol. The van der Waals surface area contributed by atoms with E-state index in [1.165, 1.54) is 51.4 Å².